The van der Waals surface area contributed by atoms with Crippen molar-refractivity contribution in [3.05, 3.63) is 57.8 Å². The molecule has 2 saturated heterocycles. The number of nitrogens with zero attached hydrogens (tertiary/aromatic N) is 3. The number of sulfone groups is 1. The van der Waals surface area contributed by atoms with Gasteiger partial charge in [-0.15, -0.1) is 0 Å². The van der Waals surface area contributed by atoms with Crippen LogP contribution < -0.4 is 10.6 Å². The van der Waals surface area contributed by atoms with Crippen LogP contribution in [0.1, 0.15) is 31.4 Å². The summed E-state index contributed by atoms with van der Waals surface area (Å²) in [6, 6.07) is 5.80. The number of amides is 2. The monoisotopic (exact) mass is 599 g/mol. The van der Waals surface area contributed by atoms with Gasteiger partial charge >= 0.3 is 6.09 Å². The fourth-order valence-corrected chi connectivity index (χ4v) is 7.13. The maximum absolute atomic E-state index is 14.9. The van der Waals surface area contributed by atoms with Crippen molar-refractivity contribution in [1.29, 1.82) is 5.26 Å². The third-order valence-electron chi connectivity index (χ3n) is 7.16. The molecular formula is C24H21Cl2F2N5O5S. The summed E-state index contributed by atoms with van der Waals surface area (Å²) in [5.74, 6) is -2.34. The smallest absolute Gasteiger partial charge is 0.410 e. The standard InChI is InChI=1S/C24H21Cl2F2N5O5S/c25-13-7-17(28)20(30-10-13)24(5-6-31-24)21(34)33-11-15(39(36,37)18-2-1-14(27)8-16(18)26)9-19(33)38-22(35)32-23(12-29)3-4-23/h1-2,7-8,10,15,19,31H,3-6,9,11H2,(H,32,35)/t15-,19+,24?/m1/s1. The lowest BCUT2D eigenvalue weighted by atomic mass is 9.82. The highest BCUT2D eigenvalue weighted by molar-refractivity contribution is 7.92. The maximum Gasteiger partial charge on any atom is 0.410 e. The van der Waals surface area contributed by atoms with Crippen molar-refractivity contribution in [1.82, 2.24) is 20.5 Å². The number of carbonyl (C=O) groups excluding carboxylic acids is 2. The average Bonchev–Trinajstić information content (AvgIpc) is 3.47. The summed E-state index contributed by atoms with van der Waals surface area (Å²) in [5, 5.41) is 13.0. The molecule has 2 amide bonds. The van der Waals surface area contributed by atoms with Crippen LogP contribution in [0.25, 0.3) is 0 Å². The molecule has 1 saturated carbocycles. The largest absolute Gasteiger partial charge is 0.425 e. The molecule has 2 aromatic rings. The second-order valence-corrected chi connectivity index (χ2v) is 12.7. The number of ether oxygens (including phenoxy) is 1. The van der Waals surface area contributed by atoms with E-state index in [2.05, 4.69) is 15.6 Å². The fourth-order valence-electron chi connectivity index (χ4n) is 4.77. The Morgan fingerprint density at radius 2 is 1.95 bits per heavy atom. The molecule has 3 heterocycles. The molecule has 2 aliphatic heterocycles. The lowest BCUT2D eigenvalue weighted by molar-refractivity contribution is -0.149. The van der Waals surface area contributed by atoms with E-state index >= 15 is 0 Å². The first-order valence-corrected chi connectivity index (χ1v) is 14.2. The number of nitriles is 1. The van der Waals surface area contributed by atoms with E-state index in [1.54, 1.807) is 0 Å². The van der Waals surface area contributed by atoms with Crippen molar-refractivity contribution >= 4 is 45.0 Å². The topological polar surface area (TPSA) is 141 Å². The Morgan fingerprint density at radius 1 is 1.23 bits per heavy atom. The molecule has 1 unspecified atom stereocenters. The lowest BCUT2D eigenvalue weighted by Gasteiger charge is -2.44. The Hall–Kier alpha value is -3.05. The van der Waals surface area contributed by atoms with Crippen LogP contribution in [-0.2, 0) is 24.9 Å². The molecule has 206 valence electrons. The van der Waals surface area contributed by atoms with E-state index < -0.39 is 62.6 Å². The van der Waals surface area contributed by atoms with Crippen LogP contribution >= 0.6 is 23.2 Å². The summed E-state index contributed by atoms with van der Waals surface area (Å²) >= 11 is 11.9. The first-order valence-electron chi connectivity index (χ1n) is 11.9. The Balaban J connectivity index is 1.48. The number of aromatic nitrogens is 1. The van der Waals surface area contributed by atoms with E-state index in [0.29, 0.717) is 19.4 Å². The highest BCUT2D eigenvalue weighted by atomic mass is 35.5. The number of carbonyl (C=O) groups is 2. The summed E-state index contributed by atoms with van der Waals surface area (Å²) in [6.07, 6.45) is -0.600. The van der Waals surface area contributed by atoms with Gasteiger partial charge in [0.25, 0.3) is 5.91 Å². The van der Waals surface area contributed by atoms with Crippen molar-refractivity contribution in [3.63, 3.8) is 0 Å². The van der Waals surface area contributed by atoms with Crippen LogP contribution in [0.5, 0.6) is 0 Å². The molecule has 15 heteroatoms. The van der Waals surface area contributed by atoms with Gasteiger partial charge in [-0.3, -0.25) is 15.1 Å². The van der Waals surface area contributed by atoms with Crippen LogP contribution in [0.15, 0.2) is 35.4 Å². The molecule has 3 aliphatic rings. The minimum absolute atomic E-state index is 0.0195. The van der Waals surface area contributed by atoms with Crippen molar-refractivity contribution in [2.45, 2.75) is 53.1 Å². The summed E-state index contributed by atoms with van der Waals surface area (Å²) in [4.78, 5) is 31.3. The van der Waals surface area contributed by atoms with Gasteiger partial charge in [-0.1, -0.05) is 23.2 Å². The molecule has 0 spiro atoms. The van der Waals surface area contributed by atoms with E-state index in [1.165, 1.54) is 6.20 Å². The highest BCUT2D eigenvalue weighted by Gasteiger charge is 2.56. The summed E-state index contributed by atoms with van der Waals surface area (Å²) < 4.78 is 60.9. The highest BCUT2D eigenvalue weighted by Crippen LogP contribution is 2.40. The number of benzene rings is 1. The molecule has 1 aromatic carbocycles. The van der Waals surface area contributed by atoms with E-state index in [1.807, 2.05) is 6.07 Å². The molecule has 1 aromatic heterocycles. The van der Waals surface area contributed by atoms with Gasteiger partial charge < -0.3 is 15.0 Å². The fraction of sp³-hybridized carbons (Fsp3) is 0.417. The van der Waals surface area contributed by atoms with Gasteiger partial charge in [0, 0.05) is 19.2 Å². The normalized spacial score (nSPS) is 25.4. The van der Waals surface area contributed by atoms with Crippen molar-refractivity contribution in [3.8, 4) is 6.07 Å². The van der Waals surface area contributed by atoms with E-state index in [-0.39, 0.29) is 33.5 Å². The first kappa shape index (κ1) is 27.5. The molecule has 5 rings (SSSR count). The Labute approximate surface area is 232 Å². The van der Waals surface area contributed by atoms with Crippen molar-refractivity contribution < 1.29 is 31.5 Å². The number of hydrogen-bond donors (Lipinski definition) is 2. The van der Waals surface area contributed by atoms with Gasteiger partial charge in [-0.25, -0.2) is 22.0 Å². The predicted octanol–water partition coefficient (Wildman–Crippen LogP) is 3.04. The van der Waals surface area contributed by atoms with Gasteiger partial charge in [0.05, 0.1) is 26.3 Å². The zero-order valence-electron chi connectivity index (χ0n) is 20.1. The zero-order valence-corrected chi connectivity index (χ0v) is 22.4. The number of rotatable bonds is 6. The van der Waals surface area contributed by atoms with E-state index in [0.717, 1.165) is 29.2 Å². The maximum atomic E-state index is 14.9. The lowest BCUT2D eigenvalue weighted by Crippen LogP contribution is -2.65. The average molecular weight is 600 g/mol. The van der Waals surface area contributed by atoms with Crippen molar-refractivity contribution in [2.24, 2.45) is 0 Å². The summed E-state index contributed by atoms with van der Waals surface area (Å²) in [7, 11) is -4.25. The van der Waals surface area contributed by atoms with Crippen LogP contribution in [-0.4, -0.2) is 60.4 Å². The molecule has 0 bridgehead atoms. The third kappa shape index (κ3) is 4.91. The Bertz CT molecular complexity index is 1510. The molecule has 39 heavy (non-hydrogen) atoms. The SMILES string of the molecule is N#CC1(NC(=O)O[C@H]2C[C@@H](S(=O)(=O)c3ccc(F)cc3Cl)CN2C(=O)C2(c3ncc(Cl)cc3F)CCN2)CC1. The molecule has 1 aliphatic carbocycles. The van der Waals surface area contributed by atoms with Crippen molar-refractivity contribution in [2.75, 3.05) is 13.1 Å². The number of likely N-dealkylation sites (tertiary alicyclic amines) is 1. The van der Waals surface area contributed by atoms with Gasteiger partial charge in [0.15, 0.2) is 16.1 Å². The van der Waals surface area contributed by atoms with E-state index in [9.17, 15) is 32.0 Å². The van der Waals surface area contributed by atoms with Gasteiger partial charge in [-0.2, -0.15) is 5.26 Å². The number of alkyl carbamates (subject to hydrolysis) is 1. The summed E-state index contributed by atoms with van der Waals surface area (Å²) in [5.41, 5.74) is -2.96. The quantitative estimate of drug-likeness (QED) is 0.483. The van der Waals surface area contributed by atoms with Crippen LogP contribution in [0.3, 0.4) is 0 Å². The first-order chi connectivity index (χ1) is 18.4. The molecule has 0 radical (unpaired) electrons. The predicted molar refractivity (Wildman–Crippen MR) is 133 cm³/mol. The van der Waals surface area contributed by atoms with Crippen LogP contribution in [0.2, 0.25) is 10.0 Å². The number of nitrogens with one attached hydrogen (secondary N) is 2. The number of pyridine rings is 1. The molecule has 3 atom stereocenters. The van der Waals surface area contributed by atoms with Gasteiger partial charge in [0.1, 0.15) is 28.4 Å². The second-order valence-electron chi connectivity index (χ2n) is 9.68. The third-order valence-corrected chi connectivity index (χ3v) is 9.98. The molecule has 2 N–H and O–H groups in total. The Morgan fingerprint density at radius 3 is 2.51 bits per heavy atom. The van der Waals surface area contributed by atoms with E-state index in [4.69, 9.17) is 27.9 Å². The minimum atomic E-state index is -4.25. The van der Waals surface area contributed by atoms with Crippen LogP contribution in [0.4, 0.5) is 13.6 Å². The van der Waals surface area contributed by atoms with Crippen LogP contribution in [0, 0.1) is 23.0 Å². The van der Waals surface area contributed by atoms with Gasteiger partial charge in [0.2, 0.25) is 0 Å². The minimum Gasteiger partial charge on any atom is -0.425 e. The Kier molecular flexibility index (Phi) is 6.95. The number of halogens is 4. The molecule has 3 fully saturated rings. The van der Waals surface area contributed by atoms with Gasteiger partial charge in [-0.05, 0) is 50.1 Å². The molecule has 10 nitrogen and oxygen atoms in total. The molecular weight excluding hydrogens is 579 g/mol. The number of hydrogen-bond acceptors (Lipinski definition) is 8. The zero-order chi connectivity index (χ0) is 28.2. The second kappa shape index (κ2) is 9.85. The summed E-state index contributed by atoms with van der Waals surface area (Å²) in [6.45, 7) is -0.0954.